The first-order chi connectivity index (χ1) is 15.1. The number of amides is 2. The van der Waals surface area contributed by atoms with Gasteiger partial charge in [-0.25, -0.2) is 4.79 Å². The molecule has 1 unspecified atom stereocenters. The maximum atomic E-state index is 12.8. The third-order valence-electron chi connectivity index (χ3n) is 4.46. The van der Waals surface area contributed by atoms with Crippen molar-refractivity contribution < 1.29 is 38.9 Å². The first kappa shape index (κ1) is 23.8. The zero-order valence-electron chi connectivity index (χ0n) is 16.3. The first-order valence-corrected chi connectivity index (χ1v) is 10.8. The van der Waals surface area contributed by atoms with Crippen molar-refractivity contribution in [2.24, 2.45) is 0 Å². The maximum Gasteiger partial charge on any atom is 0.512 e. The summed E-state index contributed by atoms with van der Waals surface area (Å²) < 4.78 is 9.29. The summed E-state index contributed by atoms with van der Waals surface area (Å²) in [5.41, 5.74) is 0.386. The molecule has 1 fully saturated rings. The molecule has 0 radical (unpaired) electrons. The minimum atomic E-state index is -1.64. The fraction of sp³-hybridized carbons (Fsp3) is 0.263. The van der Waals surface area contributed by atoms with Gasteiger partial charge in [0.05, 0.1) is 5.57 Å². The molecule has 2 aliphatic heterocycles. The lowest BCUT2D eigenvalue weighted by Crippen LogP contribution is -2.70. The first-order valence-electron chi connectivity index (χ1n) is 8.96. The maximum absolute atomic E-state index is 12.8. The number of thioether (sulfide) groups is 1. The molecule has 1 aromatic rings. The molecule has 0 bridgehead atoms. The number of hydrogen-bond donors (Lipinski definition) is 3. The zero-order valence-corrected chi connectivity index (χ0v) is 18.7. The quantitative estimate of drug-likeness (QED) is 0.303. The second-order valence-corrected chi connectivity index (χ2v) is 8.66. The number of carbonyl (C=O) groups is 4. The highest BCUT2D eigenvalue weighted by Crippen LogP contribution is 2.41. The number of nitrogens with one attached hydrogen (secondary N) is 1. The van der Waals surface area contributed by atoms with Gasteiger partial charge < -0.3 is 25.0 Å². The zero-order chi connectivity index (χ0) is 23.6. The highest BCUT2D eigenvalue weighted by atomic mass is 35.5. The van der Waals surface area contributed by atoms with Gasteiger partial charge in [0.25, 0.3) is 11.8 Å². The number of esters is 1. The van der Waals surface area contributed by atoms with Gasteiger partial charge in [0, 0.05) is 18.2 Å². The van der Waals surface area contributed by atoms with Crippen LogP contribution >= 0.6 is 35.0 Å². The Kier molecular flexibility index (Phi) is 7.22. The molecule has 0 aliphatic carbocycles. The number of halogens is 2. The van der Waals surface area contributed by atoms with Gasteiger partial charge in [-0.15, -0.1) is 11.8 Å². The van der Waals surface area contributed by atoms with E-state index in [1.165, 1.54) is 43.0 Å². The van der Waals surface area contributed by atoms with Crippen LogP contribution in [-0.2, 0) is 23.9 Å². The third kappa shape index (κ3) is 4.95. The van der Waals surface area contributed by atoms with Crippen molar-refractivity contribution in [1.82, 2.24) is 10.2 Å². The van der Waals surface area contributed by atoms with E-state index in [-0.39, 0.29) is 39.6 Å². The molecule has 0 saturated carbocycles. The largest absolute Gasteiger partial charge is 0.512 e. The molecule has 1 saturated heterocycles. The summed E-state index contributed by atoms with van der Waals surface area (Å²) in [5, 5.41) is 20.6. The Labute approximate surface area is 195 Å². The lowest BCUT2D eigenvalue weighted by atomic mass is 10.0. The molecule has 2 amide bonds. The molecule has 2 heterocycles. The van der Waals surface area contributed by atoms with E-state index in [1.54, 1.807) is 0 Å². The summed E-state index contributed by atoms with van der Waals surface area (Å²) in [6, 6.07) is 4.67. The number of hydrogen-bond acceptors (Lipinski definition) is 8. The minimum absolute atomic E-state index is 0.114. The standard InChI is InChI=1S/C19H16Cl2N2O8S/c1-8(24)30-6-10-7-32-18-13(16(27)23(18)17(10)31-19(28)29)22-15(26)12(14(20)21)9-3-2-4-11(25)5-9/h2-5,13,18,25H,6-7H2,1H3,(H,22,26)(H,28,29)/t13?,18-/m0/s1. The summed E-state index contributed by atoms with van der Waals surface area (Å²) in [6.45, 7) is 0.946. The van der Waals surface area contributed by atoms with Crippen LogP contribution in [0.15, 0.2) is 40.2 Å². The van der Waals surface area contributed by atoms with Crippen molar-refractivity contribution in [2.45, 2.75) is 18.3 Å². The smallest absolute Gasteiger partial charge is 0.508 e. The molecule has 170 valence electrons. The van der Waals surface area contributed by atoms with Gasteiger partial charge in [-0.3, -0.25) is 19.3 Å². The van der Waals surface area contributed by atoms with Crippen LogP contribution in [0.4, 0.5) is 4.79 Å². The van der Waals surface area contributed by atoms with Crippen molar-refractivity contribution >= 4 is 64.5 Å². The number of fused-ring (bicyclic) bond motifs is 1. The molecule has 32 heavy (non-hydrogen) atoms. The summed E-state index contributed by atoms with van der Waals surface area (Å²) in [7, 11) is 0. The molecule has 1 aromatic carbocycles. The van der Waals surface area contributed by atoms with Gasteiger partial charge >= 0.3 is 12.1 Å². The Morgan fingerprint density at radius 2 is 2.03 bits per heavy atom. The predicted molar refractivity (Wildman–Crippen MR) is 115 cm³/mol. The Balaban J connectivity index is 1.80. The number of carbonyl (C=O) groups excluding carboxylic acids is 3. The molecule has 13 heteroatoms. The van der Waals surface area contributed by atoms with Gasteiger partial charge in [0.2, 0.25) is 5.88 Å². The van der Waals surface area contributed by atoms with Crippen LogP contribution in [0.1, 0.15) is 12.5 Å². The molecule has 0 aromatic heterocycles. The molecule has 10 nitrogen and oxygen atoms in total. The van der Waals surface area contributed by atoms with Gasteiger partial charge in [-0.1, -0.05) is 35.3 Å². The molecule has 3 N–H and O–H groups in total. The van der Waals surface area contributed by atoms with Crippen LogP contribution in [0, 0.1) is 0 Å². The van der Waals surface area contributed by atoms with Crippen molar-refractivity contribution in [3.8, 4) is 5.75 Å². The Morgan fingerprint density at radius 3 is 2.62 bits per heavy atom. The summed E-state index contributed by atoms with van der Waals surface area (Å²) in [4.78, 5) is 48.9. The van der Waals surface area contributed by atoms with E-state index in [0.29, 0.717) is 5.57 Å². The molecular weight excluding hydrogens is 487 g/mol. The minimum Gasteiger partial charge on any atom is -0.508 e. The number of nitrogens with zero attached hydrogens (tertiary/aromatic N) is 1. The van der Waals surface area contributed by atoms with Crippen LogP contribution in [0.3, 0.4) is 0 Å². The molecular formula is C19H16Cl2N2O8S. The average molecular weight is 503 g/mol. The van der Waals surface area contributed by atoms with E-state index in [9.17, 15) is 24.3 Å². The number of β-lactam (4-membered cyclic amide) rings is 1. The van der Waals surface area contributed by atoms with Crippen molar-refractivity contribution in [3.05, 3.63) is 45.8 Å². The SMILES string of the molecule is CC(=O)OCC1=C(OC(=O)O)N2C(=O)C(NC(=O)C(=C(Cl)Cl)c3cccc(O)c3)[C@@H]2SC1. The highest BCUT2D eigenvalue weighted by molar-refractivity contribution is 8.00. The normalized spacial score (nSPS) is 19.5. The number of ether oxygens (including phenoxy) is 2. The monoisotopic (exact) mass is 502 g/mol. The summed E-state index contributed by atoms with van der Waals surface area (Å²) >= 11 is 13.0. The molecule has 2 aliphatic rings. The average Bonchev–Trinajstić information content (AvgIpc) is 2.70. The Bertz CT molecular complexity index is 1050. The van der Waals surface area contributed by atoms with E-state index in [0.717, 1.165) is 4.90 Å². The van der Waals surface area contributed by atoms with Crippen molar-refractivity contribution in [2.75, 3.05) is 12.4 Å². The summed E-state index contributed by atoms with van der Waals surface area (Å²) in [6.07, 6.45) is -1.64. The number of rotatable bonds is 6. The molecule has 2 atom stereocenters. The van der Waals surface area contributed by atoms with Crippen LogP contribution in [0.2, 0.25) is 0 Å². The van der Waals surface area contributed by atoms with Crippen molar-refractivity contribution in [1.29, 1.82) is 0 Å². The number of benzene rings is 1. The lowest BCUT2D eigenvalue weighted by molar-refractivity contribution is -0.148. The molecule has 0 spiro atoms. The third-order valence-corrected chi connectivity index (χ3v) is 6.18. The second kappa shape index (κ2) is 9.72. The van der Waals surface area contributed by atoms with Gasteiger partial charge in [-0.05, 0) is 17.7 Å². The van der Waals surface area contributed by atoms with Crippen LogP contribution in [-0.4, -0.2) is 62.8 Å². The van der Waals surface area contributed by atoms with Crippen molar-refractivity contribution in [3.63, 3.8) is 0 Å². The van der Waals surface area contributed by atoms with E-state index in [1.807, 2.05) is 0 Å². The van der Waals surface area contributed by atoms with E-state index in [2.05, 4.69) is 5.32 Å². The van der Waals surface area contributed by atoms with Crippen LogP contribution < -0.4 is 5.32 Å². The topological polar surface area (TPSA) is 142 Å². The Morgan fingerprint density at radius 1 is 1.31 bits per heavy atom. The van der Waals surface area contributed by atoms with E-state index < -0.39 is 35.4 Å². The van der Waals surface area contributed by atoms with Crippen LogP contribution in [0.5, 0.6) is 5.75 Å². The fourth-order valence-electron chi connectivity index (χ4n) is 3.10. The number of phenols is 1. The summed E-state index contributed by atoms with van der Waals surface area (Å²) in [5.74, 6) is -2.14. The van der Waals surface area contributed by atoms with Gasteiger partial charge in [0.15, 0.2) is 0 Å². The molecule has 3 rings (SSSR count). The lowest BCUT2D eigenvalue weighted by Gasteiger charge is -2.49. The fourth-order valence-corrected chi connectivity index (χ4v) is 4.79. The van der Waals surface area contributed by atoms with E-state index in [4.69, 9.17) is 37.8 Å². The second-order valence-electron chi connectivity index (χ2n) is 6.60. The predicted octanol–water partition coefficient (Wildman–Crippen LogP) is 2.41. The number of aromatic hydroxyl groups is 1. The van der Waals surface area contributed by atoms with Crippen LogP contribution in [0.25, 0.3) is 5.57 Å². The Hall–Kier alpha value is -2.89. The van der Waals surface area contributed by atoms with Gasteiger partial charge in [0.1, 0.15) is 28.3 Å². The number of phenolic OH excluding ortho intramolecular Hbond substituents is 1. The van der Waals surface area contributed by atoms with Gasteiger partial charge in [-0.2, -0.15) is 0 Å². The number of carboxylic acid groups (broad SMARTS) is 1. The van der Waals surface area contributed by atoms with E-state index >= 15 is 0 Å². The highest BCUT2D eigenvalue weighted by Gasteiger charge is 2.54.